The third-order valence-electron chi connectivity index (χ3n) is 10.4. The lowest BCUT2D eigenvalue weighted by atomic mass is 9.82. The lowest BCUT2D eigenvalue weighted by Gasteiger charge is -2.29. The van der Waals surface area contributed by atoms with Gasteiger partial charge >= 0.3 is 0 Å². The Hall–Kier alpha value is -5.44. The van der Waals surface area contributed by atoms with Crippen LogP contribution in [0.5, 0.6) is 0 Å². The second kappa shape index (κ2) is 9.78. The van der Waals surface area contributed by atoms with Gasteiger partial charge in [-0.25, -0.2) is 0 Å². The van der Waals surface area contributed by atoms with Crippen molar-refractivity contribution in [1.82, 2.24) is 0 Å². The van der Waals surface area contributed by atoms with Gasteiger partial charge in [0.15, 0.2) is 0 Å². The molecule has 0 unspecified atom stereocenters. The third-order valence-corrected chi connectivity index (χ3v) is 11.6. The van der Waals surface area contributed by atoms with Gasteiger partial charge < -0.3 is 4.90 Å². The van der Waals surface area contributed by atoms with Gasteiger partial charge in [-0.2, -0.15) is 0 Å². The van der Waals surface area contributed by atoms with E-state index in [9.17, 15) is 0 Å². The Kier molecular flexibility index (Phi) is 5.57. The summed E-state index contributed by atoms with van der Waals surface area (Å²) >= 11 is 1.93. The van der Waals surface area contributed by atoms with Crippen LogP contribution in [0.2, 0.25) is 0 Å². The Balaban J connectivity index is 1.28. The van der Waals surface area contributed by atoms with E-state index >= 15 is 0 Å². The van der Waals surface area contributed by atoms with Gasteiger partial charge in [-0.3, -0.25) is 0 Å². The molecule has 0 aliphatic heterocycles. The van der Waals surface area contributed by atoms with Crippen molar-refractivity contribution in [3.8, 4) is 11.1 Å². The molecule has 222 valence electrons. The predicted octanol–water partition coefficient (Wildman–Crippen LogP) is 13.3. The van der Waals surface area contributed by atoms with Crippen molar-refractivity contribution in [2.45, 2.75) is 19.3 Å². The predicted molar refractivity (Wildman–Crippen MR) is 204 cm³/mol. The van der Waals surface area contributed by atoms with Crippen molar-refractivity contribution in [3.05, 3.63) is 163 Å². The van der Waals surface area contributed by atoms with Crippen molar-refractivity contribution >= 4 is 80.9 Å². The molecular weight excluding hydrogens is 587 g/mol. The molecule has 0 radical (unpaired) electrons. The molecular formula is C45H31NS. The van der Waals surface area contributed by atoms with Gasteiger partial charge in [0, 0.05) is 47.9 Å². The molecule has 0 saturated carbocycles. The summed E-state index contributed by atoms with van der Waals surface area (Å²) in [6, 6.07) is 56.3. The molecule has 0 fully saturated rings. The maximum Gasteiger partial charge on any atom is 0.0546 e. The highest BCUT2D eigenvalue weighted by molar-refractivity contribution is 7.26. The van der Waals surface area contributed by atoms with E-state index in [1.807, 2.05) is 11.3 Å². The molecule has 0 amide bonds. The van der Waals surface area contributed by atoms with Gasteiger partial charge in [-0.15, -0.1) is 11.3 Å². The van der Waals surface area contributed by atoms with Gasteiger partial charge in [-0.05, 0) is 80.0 Å². The zero-order chi connectivity index (χ0) is 31.3. The van der Waals surface area contributed by atoms with Crippen LogP contribution in [-0.2, 0) is 5.41 Å². The highest BCUT2D eigenvalue weighted by atomic mass is 32.1. The van der Waals surface area contributed by atoms with Crippen LogP contribution >= 0.6 is 11.3 Å². The molecule has 0 saturated heterocycles. The number of fused-ring (bicyclic) bond motifs is 11. The van der Waals surface area contributed by atoms with Gasteiger partial charge in [0.05, 0.1) is 5.69 Å². The minimum Gasteiger partial charge on any atom is -0.310 e. The molecule has 1 heterocycles. The van der Waals surface area contributed by atoms with E-state index < -0.39 is 0 Å². The zero-order valence-electron chi connectivity index (χ0n) is 26.3. The first-order valence-electron chi connectivity index (χ1n) is 16.4. The van der Waals surface area contributed by atoms with E-state index in [1.54, 1.807) is 0 Å². The SMILES string of the molecule is CC1(C)c2ccc(N(c3ccc4ccccc4c3)c3cc4ccccc4c4ccccc34)cc2-c2c1ccc1c2sc2ccccc21. The molecule has 2 heteroatoms. The lowest BCUT2D eigenvalue weighted by molar-refractivity contribution is 0.661. The standard InChI is InChI=1S/C45H31NS/c1-45(2)39-23-21-32(27-38(39)43-40(45)24-22-37-36-17-9-10-18-42(36)47-44(37)43)46(31-20-19-28-11-3-4-12-29(28)25-31)41-26-30-13-5-6-14-33(30)34-15-7-8-16-35(34)41/h3-27H,1-2H3. The molecule has 1 nitrogen and oxygen atoms in total. The second-order valence-corrected chi connectivity index (χ2v) is 14.4. The number of hydrogen-bond donors (Lipinski definition) is 0. The van der Waals surface area contributed by atoms with Crippen LogP contribution in [0.3, 0.4) is 0 Å². The van der Waals surface area contributed by atoms with Crippen LogP contribution in [0.4, 0.5) is 17.1 Å². The third kappa shape index (κ3) is 3.83. The number of thiophene rings is 1. The van der Waals surface area contributed by atoms with Crippen molar-refractivity contribution in [3.63, 3.8) is 0 Å². The van der Waals surface area contributed by atoms with Crippen molar-refractivity contribution in [1.29, 1.82) is 0 Å². The van der Waals surface area contributed by atoms with Crippen LogP contribution in [0, 0.1) is 0 Å². The molecule has 1 aliphatic carbocycles. The van der Waals surface area contributed by atoms with Crippen molar-refractivity contribution in [2.75, 3.05) is 4.90 Å². The smallest absolute Gasteiger partial charge is 0.0546 e. The normalized spacial score (nSPS) is 13.5. The number of rotatable bonds is 3. The molecule has 0 N–H and O–H groups in total. The van der Waals surface area contributed by atoms with Crippen LogP contribution in [0.25, 0.3) is 63.6 Å². The Morgan fingerprint density at radius 2 is 1.11 bits per heavy atom. The van der Waals surface area contributed by atoms with E-state index in [0.29, 0.717) is 0 Å². The molecule has 10 rings (SSSR count). The monoisotopic (exact) mass is 617 g/mol. The molecule has 9 aromatic rings. The van der Waals surface area contributed by atoms with Crippen molar-refractivity contribution < 1.29 is 0 Å². The molecule has 0 bridgehead atoms. The topological polar surface area (TPSA) is 3.24 Å². The van der Waals surface area contributed by atoms with E-state index in [1.165, 1.54) is 86.1 Å². The molecule has 47 heavy (non-hydrogen) atoms. The zero-order valence-corrected chi connectivity index (χ0v) is 27.1. The first kappa shape index (κ1) is 26.7. The Labute approximate surface area is 278 Å². The summed E-state index contributed by atoms with van der Waals surface area (Å²) in [7, 11) is 0. The fourth-order valence-corrected chi connectivity index (χ4v) is 9.37. The molecule has 1 aliphatic rings. The van der Waals surface area contributed by atoms with Crippen LogP contribution in [0.1, 0.15) is 25.0 Å². The first-order chi connectivity index (χ1) is 23.1. The van der Waals surface area contributed by atoms with Gasteiger partial charge in [0.1, 0.15) is 0 Å². The molecule has 8 aromatic carbocycles. The highest BCUT2D eigenvalue weighted by Crippen LogP contribution is 2.55. The lowest BCUT2D eigenvalue weighted by Crippen LogP contribution is -2.15. The van der Waals surface area contributed by atoms with E-state index in [2.05, 4.69) is 170 Å². The van der Waals surface area contributed by atoms with Gasteiger partial charge in [-0.1, -0.05) is 129 Å². The fraction of sp³-hybridized carbons (Fsp3) is 0.0667. The maximum atomic E-state index is 2.48. The average molecular weight is 618 g/mol. The summed E-state index contributed by atoms with van der Waals surface area (Å²) < 4.78 is 2.74. The van der Waals surface area contributed by atoms with Crippen LogP contribution in [-0.4, -0.2) is 0 Å². The minimum atomic E-state index is -0.0863. The quantitative estimate of drug-likeness (QED) is 0.178. The van der Waals surface area contributed by atoms with Crippen LogP contribution < -0.4 is 4.90 Å². The minimum absolute atomic E-state index is 0.0863. The van der Waals surface area contributed by atoms with Gasteiger partial charge in [0.25, 0.3) is 0 Å². The average Bonchev–Trinajstić information content (AvgIpc) is 3.60. The number of nitrogens with zero attached hydrogens (tertiary/aromatic N) is 1. The summed E-state index contributed by atoms with van der Waals surface area (Å²) in [6.07, 6.45) is 0. The van der Waals surface area contributed by atoms with E-state index in [4.69, 9.17) is 0 Å². The van der Waals surface area contributed by atoms with Gasteiger partial charge in [0.2, 0.25) is 0 Å². The largest absolute Gasteiger partial charge is 0.310 e. The Morgan fingerprint density at radius 3 is 1.96 bits per heavy atom. The molecule has 0 spiro atoms. The fourth-order valence-electron chi connectivity index (χ4n) is 8.11. The summed E-state index contributed by atoms with van der Waals surface area (Å²) in [4.78, 5) is 2.48. The molecule has 1 aromatic heterocycles. The summed E-state index contributed by atoms with van der Waals surface area (Å²) in [5.74, 6) is 0. The molecule has 0 atom stereocenters. The Morgan fingerprint density at radius 1 is 0.468 bits per heavy atom. The summed E-state index contributed by atoms with van der Waals surface area (Å²) in [6.45, 7) is 4.77. The van der Waals surface area contributed by atoms with Crippen LogP contribution in [0.15, 0.2) is 152 Å². The van der Waals surface area contributed by atoms with E-state index in [-0.39, 0.29) is 5.41 Å². The van der Waals surface area contributed by atoms with Crippen molar-refractivity contribution in [2.24, 2.45) is 0 Å². The first-order valence-corrected chi connectivity index (χ1v) is 17.2. The second-order valence-electron chi connectivity index (χ2n) is 13.3. The highest BCUT2D eigenvalue weighted by Gasteiger charge is 2.37. The maximum absolute atomic E-state index is 2.48. The Bertz CT molecular complexity index is 2730. The summed E-state index contributed by atoms with van der Waals surface area (Å²) in [5.41, 5.74) is 8.97. The summed E-state index contributed by atoms with van der Waals surface area (Å²) in [5, 5.41) is 10.2. The van der Waals surface area contributed by atoms with E-state index in [0.717, 1.165) is 5.69 Å². The number of benzene rings is 8. The number of anilines is 3. The number of hydrogen-bond acceptors (Lipinski definition) is 2.